The van der Waals surface area contributed by atoms with E-state index in [0.29, 0.717) is 5.41 Å². The van der Waals surface area contributed by atoms with E-state index in [0.717, 1.165) is 0 Å². The van der Waals surface area contributed by atoms with Crippen molar-refractivity contribution in [2.45, 2.75) is 33.5 Å². The summed E-state index contributed by atoms with van der Waals surface area (Å²) in [6.07, 6.45) is 2.65. The molecule has 0 saturated carbocycles. The zero-order valence-electron chi connectivity index (χ0n) is 6.00. The molecule has 0 rings (SSSR count). The highest BCUT2D eigenvalue weighted by Crippen LogP contribution is 2.24. The molecular weight excluding hydrogens is 210 g/mol. The molecule has 0 saturated heterocycles. The van der Waals surface area contributed by atoms with Gasteiger partial charge in [0.15, 0.2) is 0 Å². The van der Waals surface area contributed by atoms with Gasteiger partial charge in [0.2, 0.25) is 5.14 Å². The molecule has 0 radical (unpaired) electrons. The third-order valence-corrected chi connectivity index (χ3v) is 2.27. The first-order valence-electron chi connectivity index (χ1n) is 3.18. The molecule has 0 atom stereocenters. The third kappa shape index (κ3) is 3.76. The smallest absolute Gasteiger partial charge is 0.155 e. The molecule has 0 aromatic carbocycles. The highest BCUT2D eigenvalue weighted by molar-refractivity contribution is 14.1. The molecule has 0 aromatic rings. The Bertz CT molecular complexity index is 61.5. The van der Waals surface area contributed by atoms with Crippen molar-refractivity contribution >= 4 is 27.5 Å². The Balaban J connectivity index is 3.37. The Labute approximate surface area is 66.5 Å². The van der Waals surface area contributed by atoms with E-state index < -0.39 is 0 Å². The maximum Gasteiger partial charge on any atom is 0.200 e. The van der Waals surface area contributed by atoms with Crippen molar-refractivity contribution in [1.29, 1.82) is 0 Å². The summed E-state index contributed by atoms with van der Waals surface area (Å²) in [5.74, 6) is 0. The van der Waals surface area contributed by atoms with Gasteiger partial charge in [0.25, 0.3) is 0 Å². The van der Waals surface area contributed by atoms with E-state index in [1.54, 1.807) is 0 Å². The normalized spacial score (nSPS) is 11.5. The maximum atomic E-state index is 2.44. The van der Waals surface area contributed by atoms with Crippen LogP contribution in [0.1, 0.15) is 27.2 Å². The summed E-state index contributed by atoms with van der Waals surface area (Å²) in [4.78, 5) is 0. The van der Waals surface area contributed by atoms with Crippen LogP contribution >= 0.6 is 22.4 Å². The Morgan fingerprint density at radius 1 is 1.50 bits per heavy atom. The zero-order valence-corrected chi connectivity index (χ0v) is 8.16. The molecule has 2 heteroatoms. The summed E-state index contributed by atoms with van der Waals surface area (Å²) in [7, 11) is 0. The SMILES string of the molecule is CCC(C)(C)CBI. The summed E-state index contributed by atoms with van der Waals surface area (Å²) in [5.41, 5.74) is 0.585. The first kappa shape index (κ1) is 8.79. The van der Waals surface area contributed by atoms with E-state index in [-0.39, 0.29) is 0 Å². The van der Waals surface area contributed by atoms with Gasteiger partial charge >= 0.3 is 0 Å². The largest absolute Gasteiger partial charge is 0.200 e. The van der Waals surface area contributed by atoms with Crippen LogP contribution in [-0.2, 0) is 0 Å². The predicted molar refractivity (Wildman–Crippen MR) is 50.0 cm³/mol. The van der Waals surface area contributed by atoms with Crippen molar-refractivity contribution in [3.63, 3.8) is 0 Å². The Morgan fingerprint density at radius 2 is 2.00 bits per heavy atom. The molecule has 0 aliphatic carbocycles. The first-order valence-corrected chi connectivity index (χ1v) is 4.71. The molecule has 8 heavy (non-hydrogen) atoms. The second-order valence-corrected chi connectivity index (χ2v) is 4.04. The minimum Gasteiger partial charge on any atom is -0.155 e. The molecule has 0 N–H and O–H groups in total. The van der Waals surface area contributed by atoms with Crippen LogP contribution in [0.3, 0.4) is 0 Å². The monoisotopic (exact) mass is 224 g/mol. The summed E-state index contributed by atoms with van der Waals surface area (Å²) < 4.78 is 0. The summed E-state index contributed by atoms with van der Waals surface area (Å²) >= 11 is 2.44. The molecule has 0 unspecified atom stereocenters. The summed E-state index contributed by atoms with van der Waals surface area (Å²) in [6, 6.07) is 0. The highest BCUT2D eigenvalue weighted by Gasteiger charge is 2.12. The number of hydrogen-bond donors (Lipinski definition) is 0. The van der Waals surface area contributed by atoms with Crippen LogP contribution in [-0.4, -0.2) is 5.14 Å². The van der Waals surface area contributed by atoms with Gasteiger partial charge in [-0.3, -0.25) is 0 Å². The fraction of sp³-hybridized carbons (Fsp3) is 1.00. The van der Waals surface area contributed by atoms with E-state index in [1.165, 1.54) is 17.9 Å². The van der Waals surface area contributed by atoms with Crippen molar-refractivity contribution in [1.82, 2.24) is 0 Å². The van der Waals surface area contributed by atoms with Gasteiger partial charge in [-0.25, -0.2) is 0 Å². The van der Waals surface area contributed by atoms with Crippen LogP contribution in [0.15, 0.2) is 0 Å². The lowest BCUT2D eigenvalue weighted by Gasteiger charge is -2.19. The van der Waals surface area contributed by atoms with Crippen molar-refractivity contribution in [3.8, 4) is 0 Å². The Kier molecular flexibility index (Phi) is 4.12. The molecule has 0 spiro atoms. The van der Waals surface area contributed by atoms with Gasteiger partial charge in [0.05, 0.1) is 0 Å². The molecule has 0 aliphatic rings. The van der Waals surface area contributed by atoms with Crippen molar-refractivity contribution in [2.24, 2.45) is 5.41 Å². The lowest BCUT2D eigenvalue weighted by molar-refractivity contribution is 0.398. The molecule has 0 heterocycles. The van der Waals surface area contributed by atoms with Crippen LogP contribution in [0, 0.1) is 5.41 Å². The fourth-order valence-corrected chi connectivity index (χ4v) is 1.89. The number of hydrogen-bond acceptors (Lipinski definition) is 0. The highest BCUT2D eigenvalue weighted by atomic mass is 127. The maximum absolute atomic E-state index is 2.44. The topological polar surface area (TPSA) is 0 Å². The molecule has 0 aliphatic heterocycles. The van der Waals surface area contributed by atoms with Crippen molar-refractivity contribution < 1.29 is 0 Å². The minimum absolute atomic E-state index is 0.585. The lowest BCUT2D eigenvalue weighted by Crippen LogP contribution is -2.09. The minimum atomic E-state index is 0.585. The Hall–Kier alpha value is 0.795. The van der Waals surface area contributed by atoms with Crippen LogP contribution in [0.2, 0.25) is 6.32 Å². The zero-order chi connectivity index (χ0) is 6.62. The second kappa shape index (κ2) is 3.75. The van der Waals surface area contributed by atoms with Crippen LogP contribution in [0.5, 0.6) is 0 Å². The van der Waals surface area contributed by atoms with Crippen LogP contribution < -0.4 is 0 Å². The van der Waals surface area contributed by atoms with E-state index in [9.17, 15) is 0 Å². The average molecular weight is 224 g/mol. The lowest BCUT2D eigenvalue weighted by atomic mass is 9.77. The molecule has 0 nitrogen and oxygen atoms in total. The van der Waals surface area contributed by atoms with Gasteiger partial charge in [-0.2, -0.15) is 22.4 Å². The molecule has 0 amide bonds. The third-order valence-electron chi connectivity index (χ3n) is 1.73. The quantitative estimate of drug-likeness (QED) is 0.510. The van der Waals surface area contributed by atoms with Gasteiger partial charge in [-0.05, 0) is 5.41 Å². The van der Waals surface area contributed by atoms with E-state index >= 15 is 0 Å². The molecule has 0 fully saturated rings. The first-order chi connectivity index (χ1) is 3.62. The molecule has 0 aromatic heterocycles. The van der Waals surface area contributed by atoms with E-state index in [1.807, 2.05) is 0 Å². The predicted octanol–water partition coefficient (Wildman–Crippen LogP) is 2.63. The van der Waals surface area contributed by atoms with Crippen LogP contribution in [0.4, 0.5) is 0 Å². The van der Waals surface area contributed by atoms with Crippen molar-refractivity contribution in [2.75, 3.05) is 0 Å². The van der Waals surface area contributed by atoms with Crippen molar-refractivity contribution in [3.05, 3.63) is 0 Å². The fourth-order valence-electron chi connectivity index (χ4n) is 0.433. The number of halogens is 1. The van der Waals surface area contributed by atoms with Gasteiger partial charge in [0.1, 0.15) is 0 Å². The summed E-state index contributed by atoms with van der Waals surface area (Å²) in [6.45, 7) is 6.91. The van der Waals surface area contributed by atoms with E-state index in [4.69, 9.17) is 0 Å². The van der Waals surface area contributed by atoms with E-state index in [2.05, 4.69) is 43.1 Å². The van der Waals surface area contributed by atoms with Crippen LogP contribution in [0.25, 0.3) is 0 Å². The average Bonchev–Trinajstić information content (AvgIpc) is 1.67. The molecule has 48 valence electrons. The van der Waals surface area contributed by atoms with Gasteiger partial charge < -0.3 is 0 Å². The molecule has 0 bridgehead atoms. The second-order valence-electron chi connectivity index (χ2n) is 2.96. The Morgan fingerprint density at radius 3 is 2.12 bits per heavy atom. The standard InChI is InChI=1S/C6H14BI/c1-4-6(2,3)5-7-8/h7H,4-5H2,1-3H3. The number of rotatable bonds is 3. The summed E-state index contributed by atoms with van der Waals surface area (Å²) in [5, 5.41) is 1.29. The molecular formula is C6H14BI. The van der Waals surface area contributed by atoms with Gasteiger partial charge in [-0.15, -0.1) is 0 Å². The van der Waals surface area contributed by atoms with Gasteiger partial charge in [0, 0.05) is 0 Å². The van der Waals surface area contributed by atoms with Gasteiger partial charge in [-0.1, -0.05) is 33.5 Å².